The summed E-state index contributed by atoms with van der Waals surface area (Å²) in [5.74, 6) is 1.78. The number of carbonyl (C=O) groups is 1. The minimum atomic E-state index is 0.190. The molecule has 26 heavy (non-hydrogen) atoms. The van der Waals surface area contributed by atoms with Crippen molar-refractivity contribution in [3.63, 3.8) is 0 Å². The van der Waals surface area contributed by atoms with Gasteiger partial charge in [0.2, 0.25) is 5.91 Å². The number of carbonyl (C=O) groups excluding carboxylic acids is 1. The van der Waals surface area contributed by atoms with Gasteiger partial charge in [0, 0.05) is 72.4 Å². The molecule has 144 valence electrons. The summed E-state index contributed by atoms with van der Waals surface area (Å²) in [5.41, 5.74) is 0.984. The normalized spacial score (nSPS) is 20.5. The lowest BCUT2D eigenvalue weighted by Crippen LogP contribution is -2.53. The SMILES string of the molecule is CN=C(NCC1CCN(C(C)=O)CC1)N1CCN(Cc2ccon2)CC1. The maximum atomic E-state index is 11.4. The standard InChI is InChI=1S/C18H30N6O2/c1-15(25)23-6-3-16(4-7-23)13-20-18(19-2)24-10-8-22(9-11-24)14-17-5-12-26-21-17/h5,12,16H,3-4,6-11,13-14H2,1-2H3,(H,19,20). The van der Waals surface area contributed by atoms with Crippen molar-refractivity contribution in [1.29, 1.82) is 0 Å². The van der Waals surface area contributed by atoms with E-state index in [1.165, 1.54) is 0 Å². The Hall–Kier alpha value is -2.09. The Kier molecular flexibility index (Phi) is 6.49. The Bertz CT molecular complexity index is 587. The van der Waals surface area contributed by atoms with Crippen molar-refractivity contribution in [2.24, 2.45) is 10.9 Å². The van der Waals surface area contributed by atoms with Gasteiger partial charge in [-0.1, -0.05) is 5.16 Å². The number of amides is 1. The first-order valence-corrected chi connectivity index (χ1v) is 9.48. The van der Waals surface area contributed by atoms with Crippen molar-refractivity contribution in [1.82, 2.24) is 25.2 Å². The highest BCUT2D eigenvalue weighted by Gasteiger charge is 2.23. The number of guanidine groups is 1. The van der Waals surface area contributed by atoms with Crippen molar-refractivity contribution in [3.8, 4) is 0 Å². The van der Waals surface area contributed by atoms with Crippen LogP contribution < -0.4 is 5.32 Å². The molecule has 3 rings (SSSR count). The molecule has 0 saturated carbocycles. The third kappa shape index (κ3) is 4.97. The summed E-state index contributed by atoms with van der Waals surface area (Å²) in [6.45, 7) is 9.07. The van der Waals surface area contributed by atoms with Crippen LogP contribution in [-0.2, 0) is 11.3 Å². The fourth-order valence-electron chi connectivity index (χ4n) is 3.69. The fraction of sp³-hybridized carbons (Fsp3) is 0.722. The number of nitrogens with zero attached hydrogens (tertiary/aromatic N) is 5. The molecule has 1 amide bonds. The van der Waals surface area contributed by atoms with Gasteiger partial charge in [-0.15, -0.1) is 0 Å². The number of rotatable bonds is 4. The van der Waals surface area contributed by atoms with Crippen LogP contribution in [-0.4, -0.2) is 84.6 Å². The van der Waals surface area contributed by atoms with E-state index in [1.807, 2.05) is 18.0 Å². The molecule has 8 heteroatoms. The molecule has 1 N–H and O–H groups in total. The molecular weight excluding hydrogens is 332 g/mol. The molecule has 2 aliphatic rings. The van der Waals surface area contributed by atoms with E-state index in [0.29, 0.717) is 5.92 Å². The second-order valence-electron chi connectivity index (χ2n) is 7.13. The number of hydrogen-bond acceptors (Lipinski definition) is 5. The molecule has 0 atom stereocenters. The van der Waals surface area contributed by atoms with Gasteiger partial charge in [-0.25, -0.2) is 0 Å². The van der Waals surface area contributed by atoms with Crippen LogP contribution >= 0.6 is 0 Å². The van der Waals surface area contributed by atoms with Crippen LogP contribution in [0.3, 0.4) is 0 Å². The molecule has 2 aliphatic heterocycles. The van der Waals surface area contributed by atoms with Gasteiger partial charge < -0.3 is 19.6 Å². The van der Waals surface area contributed by atoms with Gasteiger partial charge in [-0.2, -0.15) is 0 Å². The molecular formula is C18H30N6O2. The van der Waals surface area contributed by atoms with Gasteiger partial charge in [-0.3, -0.25) is 14.7 Å². The second-order valence-corrected chi connectivity index (χ2v) is 7.13. The topological polar surface area (TPSA) is 77.2 Å². The third-order valence-electron chi connectivity index (χ3n) is 5.37. The van der Waals surface area contributed by atoms with Crippen LogP contribution in [0, 0.1) is 5.92 Å². The first-order chi connectivity index (χ1) is 12.7. The summed E-state index contributed by atoms with van der Waals surface area (Å²) in [4.78, 5) is 22.5. The Morgan fingerprint density at radius 3 is 2.54 bits per heavy atom. The maximum Gasteiger partial charge on any atom is 0.219 e. The van der Waals surface area contributed by atoms with Gasteiger partial charge >= 0.3 is 0 Å². The zero-order valence-electron chi connectivity index (χ0n) is 15.9. The number of aliphatic imine (C=N–C) groups is 1. The second kappa shape index (κ2) is 9.02. The Morgan fingerprint density at radius 2 is 1.96 bits per heavy atom. The lowest BCUT2D eigenvalue weighted by atomic mass is 9.97. The molecule has 2 saturated heterocycles. The lowest BCUT2D eigenvalue weighted by Gasteiger charge is -2.37. The minimum absolute atomic E-state index is 0.190. The van der Waals surface area contributed by atoms with E-state index in [0.717, 1.165) is 76.9 Å². The molecule has 1 aromatic heterocycles. The molecule has 0 bridgehead atoms. The van der Waals surface area contributed by atoms with Crippen molar-refractivity contribution in [2.75, 3.05) is 52.9 Å². The highest BCUT2D eigenvalue weighted by Crippen LogP contribution is 2.16. The van der Waals surface area contributed by atoms with Gasteiger partial charge in [0.1, 0.15) is 6.26 Å². The minimum Gasteiger partial charge on any atom is -0.364 e. The van der Waals surface area contributed by atoms with Gasteiger partial charge in [0.15, 0.2) is 5.96 Å². The molecule has 0 unspecified atom stereocenters. The van der Waals surface area contributed by atoms with E-state index in [-0.39, 0.29) is 5.91 Å². The van der Waals surface area contributed by atoms with Crippen molar-refractivity contribution in [3.05, 3.63) is 18.0 Å². The number of aromatic nitrogens is 1. The Balaban J connectivity index is 1.39. The first-order valence-electron chi connectivity index (χ1n) is 9.48. The highest BCUT2D eigenvalue weighted by atomic mass is 16.5. The van der Waals surface area contributed by atoms with Crippen LogP contribution in [0.25, 0.3) is 0 Å². The van der Waals surface area contributed by atoms with Crippen LogP contribution in [0.15, 0.2) is 21.8 Å². The van der Waals surface area contributed by atoms with Gasteiger partial charge in [0.05, 0.1) is 5.69 Å². The molecule has 0 spiro atoms. The largest absolute Gasteiger partial charge is 0.364 e. The fourth-order valence-corrected chi connectivity index (χ4v) is 3.69. The molecule has 0 radical (unpaired) electrons. The van der Waals surface area contributed by atoms with Gasteiger partial charge in [-0.05, 0) is 18.8 Å². The maximum absolute atomic E-state index is 11.4. The van der Waals surface area contributed by atoms with Gasteiger partial charge in [0.25, 0.3) is 0 Å². The molecule has 3 heterocycles. The van der Waals surface area contributed by atoms with E-state index < -0.39 is 0 Å². The van der Waals surface area contributed by atoms with Crippen LogP contribution in [0.5, 0.6) is 0 Å². The summed E-state index contributed by atoms with van der Waals surface area (Å²) in [5, 5.41) is 7.53. The zero-order chi connectivity index (χ0) is 18.4. The van der Waals surface area contributed by atoms with Crippen LogP contribution in [0.4, 0.5) is 0 Å². The average Bonchev–Trinajstić information content (AvgIpc) is 3.17. The number of nitrogens with one attached hydrogen (secondary N) is 1. The number of piperidine rings is 1. The molecule has 2 fully saturated rings. The monoisotopic (exact) mass is 362 g/mol. The third-order valence-corrected chi connectivity index (χ3v) is 5.37. The lowest BCUT2D eigenvalue weighted by molar-refractivity contribution is -0.130. The van der Waals surface area contributed by atoms with E-state index in [1.54, 1.807) is 13.2 Å². The van der Waals surface area contributed by atoms with Crippen molar-refractivity contribution >= 4 is 11.9 Å². The van der Waals surface area contributed by atoms with Crippen molar-refractivity contribution in [2.45, 2.75) is 26.3 Å². The van der Waals surface area contributed by atoms with E-state index in [4.69, 9.17) is 4.52 Å². The predicted octanol–water partition coefficient (Wildman–Crippen LogP) is 0.626. The van der Waals surface area contributed by atoms with E-state index in [9.17, 15) is 4.79 Å². The number of hydrogen-bond donors (Lipinski definition) is 1. The quantitative estimate of drug-likeness (QED) is 0.625. The van der Waals surface area contributed by atoms with Crippen LogP contribution in [0.1, 0.15) is 25.5 Å². The van der Waals surface area contributed by atoms with E-state index >= 15 is 0 Å². The molecule has 8 nitrogen and oxygen atoms in total. The smallest absolute Gasteiger partial charge is 0.219 e. The Morgan fingerprint density at radius 1 is 1.23 bits per heavy atom. The average molecular weight is 362 g/mol. The first kappa shape index (κ1) is 18.7. The van der Waals surface area contributed by atoms with E-state index in [2.05, 4.69) is 25.3 Å². The highest BCUT2D eigenvalue weighted by molar-refractivity contribution is 5.80. The molecule has 0 aliphatic carbocycles. The Labute approximate surface area is 155 Å². The summed E-state index contributed by atoms with van der Waals surface area (Å²) in [6.07, 6.45) is 3.75. The summed E-state index contributed by atoms with van der Waals surface area (Å²) in [6, 6.07) is 1.92. The molecule has 0 aromatic carbocycles. The number of likely N-dealkylation sites (tertiary alicyclic amines) is 1. The summed E-state index contributed by atoms with van der Waals surface area (Å²) in [7, 11) is 1.85. The van der Waals surface area contributed by atoms with Crippen LogP contribution in [0.2, 0.25) is 0 Å². The van der Waals surface area contributed by atoms with Crippen molar-refractivity contribution < 1.29 is 9.32 Å². The molecule has 1 aromatic rings. The predicted molar refractivity (Wildman–Crippen MR) is 99.7 cm³/mol. The summed E-state index contributed by atoms with van der Waals surface area (Å²) < 4.78 is 4.90. The number of piperazine rings is 1. The summed E-state index contributed by atoms with van der Waals surface area (Å²) >= 11 is 0. The zero-order valence-corrected chi connectivity index (χ0v) is 15.9.